The molecule has 1 aromatic carbocycles. The third-order valence-corrected chi connectivity index (χ3v) is 6.61. The lowest BCUT2D eigenvalue weighted by atomic mass is 10.0. The summed E-state index contributed by atoms with van der Waals surface area (Å²) in [6.45, 7) is 0.924. The molecule has 10 heteroatoms. The number of hydrogen-bond acceptors (Lipinski definition) is 6. The van der Waals surface area contributed by atoms with Gasteiger partial charge in [-0.05, 0) is 18.2 Å². The van der Waals surface area contributed by atoms with Crippen LogP contribution in [0.2, 0.25) is 0 Å². The van der Waals surface area contributed by atoms with Crippen LogP contribution < -0.4 is 15.0 Å². The third kappa shape index (κ3) is 4.16. The maximum Gasteiger partial charge on any atom is 0.387 e. The second-order valence-electron chi connectivity index (χ2n) is 8.77. The summed E-state index contributed by atoms with van der Waals surface area (Å²) in [6.07, 6.45) is 3.19. The minimum Gasteiger partial charge on any atom is -0.434 e. The first kappa shape index (κ1) is 22.8. The molecular weight excluding hydrogens is 471 g/mol. The molecule has 1 N–H and O–H groups in total. The number of nitrogens with one attached hydrogen (secondary N) is 1. The van der Waals surface area contributed by atoms with Crippen LogP contribution in [0.25, 0.3) is 16.8 Å². The van der Waals surface area contributed by atoms with Gasteiger partial charge in [-0.1, -0.05) is 18.2 Å². The second kappa shape index (κ2) is 9.44. The van der Waals surface area contributed by atoms with Gasteiger partial charge in [-0.2, -0.15) is 8.78 Å². The standard InChI is InChI=1S/C26H24F3N5O2/c27-19-13-23-32-20-7-12-35-25(17-3-1-2-4-21(17)36-26(28)29)24(20)34(23)15-18(19)16-5-6-22(31-14-16)33-10-8-30-9-11-33/h1-6,13-15,25-26,30H,7-12H2/t25-/m0/s1. The van der Waals surface area contributed by atoms with Crippen molar-refractivity contribution in [1.82, 2.24) is 19.7 Å². The maximum atomic E-state index is 15.2. The molecule has 0 bridgehead atoms. The Balaban J connectivity index is 1.41. The molecule has 0 saturated carbocycles. The van der Waals surface area contributed by atoms with Gasteiger partial charge < -0.3 is 19.7 Å². The van der Waals surface area contributed by atoms with Crippen LogP contribution in [0.15, 0.2) is 54.9 Å². The minimum absolute atomic E-state index is 0.0373. The molecule has 3 aromatic heterocycles. The van der Waals surface area contributed by atoms with Gasteiger partial charge in [-0.3, -0.25) is 4.40 Å². The molecule has 2 aliphatic rings. The zero-order valence-electron chi connectivity index (χ0n) is 19.3. The number of piperazine rings is 1. The van der Waals surface area contributed by atoms with E-state index in [1.54, 1.807) is 35.0 Å². The number of pyridine rings is 2. The number of imidazole rings is 1. The van der Waals surface area contributed by atoms with Crippen molar-refractivity contribution in [2.24, 2.45) is 0 Å². The molecule has 0 radical (unpaired) electrons. The Bertz CT molecular complexity index is 1390. The van der Waals surface area contributed by atoms with E-state index in [0.29, 0.717) is 41.1 Å². The van der Waals surface area contributed by atoms with Crippen LogP contribution in [0.1, 0.15) is 23.1 Å². The summed E-state index contributed by atoms with van der Waals surface area (Å²) < 4.78 is 53.9. The van der Waals surface area contributed by atoms with Crippen LogP contribution in [0.3, 0.4) is 0 Å². The summed E-state index contributed by atoms with van der Waals surface area (Å²) in [6, 6.07) is 11.7. The van der Waals surface area contributed by atoms with E-state index in [1.807, 2.05) is 12.1 Å². The van der Waals surface area contributed by atoms with Crippen LogP contribution in [0.4, 0.5) is 19.0 Å². The van der Waals surface area contributed by atoms with Crippen LogP contribution in [0, 0.1) is 5.82 Å². The van der Waals surface area contributed by atoms with Crippen molar-refractivity contribution in [3.63, 3.8) is 0 Å². The van der Waals surface area contributed by atoms with Crippen LogP contribution in [-0.2, 0) is 11.2 Å². The first-order chi connectivity index (χ1) is 17.6. The van der Waals surface area contributed by atoms with Gasteiger partial charge in [-0.15, -0.1) is 0 Å². The lowest BCUT2D eigenvalue weighted by Crippen LogP contribution is -2.43. The van der Waals surface area contributed by atoms with E-state index >= 15 is 4.39 Å². The molecule has 36 heavy (non-hydrogen) atoms. The lowest BCUT2D eigenvalue weighted by molar-refractivity contribution is -0.0522. The fourth-order valence-corrected chi connectivity index (χ4v) is 4.92. The predicted molar refractivity (Wildman–Crippen MR) is 128 cm³/mol. The fraction of sp³-hybridized carbons (Fsp3) is 0.308. The smallest absolute Gasteiger partial charge is 0.387 e. The van der Waals surface area contributed by atoms with Gasteiger partial charge in [0.25, 0.3) is 0 Å². The van der Waals surface area contributed by atoms with E-state index in [1.165, 1.54) is 12.1 Å². The van der Waals surface area contributed by atoms with E-state index in [2.05, 4.69) is 20.2 Å². The summed E-state index contributed by atoms with van der Waals surface area (Å²) in [7, 11) is 0. The summed E-state index contributed by atoms with van der Waals surface area (Å²) in [5.74, 6) is 0.474. The Hall–Kier alpha value is -3.63. The number of aromatic nitrogens is 3. The number of fused-ring (bicyclic) bond motifs is 3. The molecule has 0 amide bonds. The number of hydrogen-bond donors (Lipinski definition) is 1. The van der Waals surface area contributed by atoms with Gasteiger partial charge >= 0.3 is 6.61 Å². The second-order valence-corrected chi connectivity index (χ2v) is 8.77. The van der Waals surface area contributed by atoms with Gasteiger partial charge in [0.2, 0.25) is 0 Å². The normalized spacial score (nSPS) is 18.0. The third-order valence-electron chi connectivity index (χ3n) is 6.61. The molecule has 1 fully saturated rings. The van der Waals surface area contributed by atoms with E-state index < -0.39 is 18.5 Å². The quantitative estimate of drug-likeness (QED) is 0.448. The topological polar surface area (TPSA) is 63.9 Å². The van der Waals surface area contributed by atoms with Crippen LogP contribution in [-0.4, -0.2) is 53.8 Å². The molecule has 0 spiro atoms. The summed E-state index contributed by atoms with van der Waals surface area (Å²) in [5, 5.41) is 3.31. The first-order valence-corrected chi connectivity index (χ1v) is 11.9. The van der Waals surface area contributed by atoms with Crippen molar-refractivity contribution in [2.45, 2.75) is 19.1 Å². The molecule has 186 valence electrons. The van der Waals surface area contributed by atoms with E-state index in [0.717, 1.165) is 37.7 Å². The van der Waals surface area contributed by atoms with E-state index in [-0.39, 0.29) is 5.75 Å². The monoisotopic (exact) mass is 495 g/mol. The highest BCUT2D eigenvalue weighted by atomic mass is 19.3. The molecule has 0 aliphatic carbocycles. The van der Waals surface area contributed by atoms with E-state index in [9.17, 15) is 8.78 Å². The Labute approximate surface area is 205 Å². The average molecular weight is 496 g/mol. The largest absolute Gasteiger partial charge is 0.434 e. The molecule has 5 heterocycles. The molecule has 6 rings (SSSR count). The van der Waals surface area contributed by atoms with Crippen molar-refractivity contribution in [3.05, 3.63) is 77.6 Å². The van der Waals surface area contributed by atoms with Gasteiger partial charge in [-0.25, -0.2) is 14.4 Å². The highest BCUT2D eigenvalue weighted by Gasteiger charge is 2.31. The van der Waals surface area contributed by atoms with Crippen LogP contribution >= 0.6 is 0 Å². The lowest BCUT2D eigenvalue weighted by Gasteiger charge is -2.28. The number of halogens is 3. The number of alkyl halides is 2. The molecule has 1 saturated heterocycles. The zero-order valence-corrected chi connectivity index (χ0v) is 19.3. The van der Waals surface area contributed by atoms with Crippen molar-refractivity contribution in [1.29, 1.82) is 0 Å². The minimum atomic E-state index is -2.96. The highest BCUT2D eigenvalue weighted by Crippen LogP contribution is 2.39. The molecule has 2 aliphatic heterocycles. The number of rotatable bonds is 5. The van der Waals surface area contributed by atoms with Gasteiger partial charge in [0, 0.05) is 67.8 Å². The summed E-state index contributed by atoms with van der Waals surface area (Å²) >= 11 is 0. The van der Waals surface area contributed by atoms with Gasteiger partial charge in [0.15, 0.2) is 0 Å². The molecule has 1 atom stereocenters. The zero-order chi connectivity index (χ0) is 24.6. The SMILES string of the molecule is Fc1cc2nc3c(n2cc1-c1ccc(N2CCNCC2)nc1)[C@H](c1ccccc1OC(F)F)OCC3. The van der Waals surface area contributed by atoms with Gasteiger partial charge in [0.1, 0.15) is 29.1 Å². The Morgan fingerprint density at radius 1 is 1.11 bits per heavy atom. The van der Waals surface area contributed by atoms with E-state index in [4.69, 9.17) is 9.47 Å². The predicted octanol–water partition coefficient (Wildman–Crippen LogP) is 4.21. The number of para-hydroxylation sites is 1. The Morgan fingerprint density at radius 3 is 2.72 bits per heavy atom. The first-order valence-electron chi connectivity index (χ1n) is 11.9. The van der Waals surface area contributed by atoms with Crippen molar-refractivity contribution < 1.29 is 22.6 Å². The van der Waals surface area contributed by atoms with Gasteiger partial charge in [0.05, 0.1) is 18.0 Å². The highest BCUT2D eigenvalue weighted by molar-refractivity contribution is 5.67. The van der Waals surface area contributed by atoms with Crippen molar-refractivity contribution in [2.75, 3.05) is 37.7 Å². The van der Waals surface area contributed by atoms with Crippen molar-refractivity contribution >= 4 is 11.5 Å². The number of nitrogens with zero attached hydrogens (tertiary/aromatic N) is 4. The van der Waals surface area contributed by atoms with Crippen molar-refractivity contribution in [3.8, 4) is 16.9 Å². The Morgan fingerprint density at radius 2 is 1.94 bits per heavy atom. The molecule has 4 aromatic rings. The number of ether oxygens (including phenoxy) is 2. The molecular formula is C26H24F3N5O2. The summed E-state index contributed by atoms with van der Waals surface area (Å²) in [4.78, 5) is 11.4. The molecule has 0 unspecified atom stereocenters. The van der Waals surface area contributed by atoms with Crippen LogP contribution in [0.5, 0.6) is 5.75 Å². The number of anilines is 1. The Kier molecular flexibility index (Phi) is 5.98. The summed E-state index contributed by atoms with van der Waals surface area (Å²) in [5.41, 5.74) is 3.30. The average Bonchev–Trinajstić information content (AvgIpc) is 3.26. The fourth-order valence-electron chi connectivity index (χ4n) is 4.92. The maximum absolute atomic E-state index is 15.2. The molecule has 7 nitrogen and oxygen atoms in total. The number of benzene rings is 1.